The molecule has 1 aromatic heterocycles. The van der Waals surface area contributed by atoms with Gasteiger partial charge in [0.15, 0.2) is 0 Å². The van der Waals surface area contributed by atoms with Crippen molar-refractivity contribution in [2.75, 3.05) is 7.11 Å². The zero-order valence-corrected chi connectivity index (χ0v) is 11.9. The Kier molecular flexibility index (Phi) is 3.74. The predicted octanol–water partition coefficient (Wildman–Crippen LogP) is 3.44. The molecule has 17 heavy (non-hydrogen) atoms. The fraction of sp³-hybridized carbons (Fsp3) is 0.250. The summed E-state index contributed by atoms with van der Waals surface area (Å²) in [4.78, 5) is 4.20. The van der Waals surface area contributed by atoms with Gasteiger partial charge < -0.3 is 9.30 Å². The topological polar surface area (TPSA) is 27.1 Å². The number of aromatic nitrogens is 2. The van der Waals surface area contributed by atoms with E-state index in [9.17, 15) is 0 Å². The first-order valence-electron chi connectivity index (χ1n) is 5.10. The number of hydrogen-bond donors (Lipinski definition) is 0. The maximum Gasteiger partial charge on any atom is 0.127 e. The van der Waals surface area contributed by atoms with Gasteiger partial charge in [-0.3, -0.25) is 0 Å². The number of aryl methyl sites for hydroxylation is 1. The average molecular weight is 316 g/mol. The van der Waals surface area contributed by atoms with Gasteiger partial charge in [-0.2, -0.15) is 0 Å². The summed E-state index contributed by atoms with van der Waals surface area (Å²) in [5.74, 6) is 0.836. The zero-order chi connectivity index (χ0) is 12.4. The molecule has 5 heteroatoms. The van der Waals surface area contributed by atoms with Gasteiger partial charge >= 0.3 is 0 Å². The van der Waals surface area contributed by atoms with E-state index in [4.69, 9.17) is 16.3 Å². The van der Waals surface area contributed by atoms with Crippen LogP contribution in [-0.4, -0.2) is 16.7 Å². The highest BCUT2D eigenvalue weighted by atomic mass is 79.9. The molecule has 0 atom stereocenters. The van der Waals surface area contributed by atoms with Gasteiger partial charge in [0.25, 0.3) is 0 Å². The van der Waals surface area contributed by atoms with E-state index in [-0.39, 0.29) is 0 Å². The van der Waals surface area contributed by atoms with Gasteiger partial charge in [0.1, 0.15) is 10.4 Å². The molecule has 0 aliphatic carbocycles. The minimum atomic E-state index is 0.707. The number of hydrogen-bond acceptors (Lipinski definition) is 2. The summed E-state index contributed by atoms with van der Waals surface area (Å²) in [6, 6.07) is 5.62. The molecule has 0 fully saturated rings. The standard InChI is InChI=1S/C12H12BrClN2O/c1-16-7-15-12(13)10(16)6-8-5-9(14)3-4-11(8)17-2/h3-5,7H,6H2,1-2H3. The van der Waals surface area contributed by atoms with Crippen molar-refractivity contribution in [3.8, 4) is 5.75 Å². The van der Waals surface area contributed by atoms with Crippen molar-refractivity contribution in [1.29, 1.82) is 0 Å². The van der Waals surface area contributed by atoms with Crippen molar-refractivity contribution in [1.82, 2.24) is 9.55 Å². The van der Waals surface area contributed by atoms with E-state index in [0.29, 0.717) is 5.02 Å². The molecule has 0 bridgehead atoms. The van der Waals surface area contributed by atoms with Crippen molar-refractivity contribution in [3.63, 3.8) is 0 Å². The Hall–Kier alpha value is -1.00. The zero-order valence-electron chi connectivity index (χ0n) is 9.58. The fourth-order valence-corrected chi connectivity index (χ4v) is 2.40. The Morgan fingerprint density at radius 2 is 2.24 bits per heavy atom. The average Bonchev–Trinajstić information content (AvgIpc) is 2.61. The highest BCUT2D eigenvalue weighted by Crippen LogP contribution is 2.27. The first kappa shape index (κ1) is 12.5. The summed E-state index contributed by atoms with van der Waals surface area (Å²) < 4.78 is 8.15. The highest BCUT2D eigenvalue weighted by molar-refractivity contribution is 9.10. The number of imidazole rings is 1. The second kappa shape index (κ2) is 5.10. The monoisotopic (exact) mass is 314 g/mol. The summed E-state index contributed by atoms with van der Waals surface area (Å²) in [6.07, 6.45) is 2.50. The van der Waals surface area contributed by atoms with Gasteiger partial charge in [-0.1, -0.05) is 11.6 Å². The number of ether oxygens (including phenoxy) is 1. The Morgan fingerprint density at radius 3 is 2.82 bits per heavy atom. The van der Waals surface area contributed by atoms with Crippen molar-refractivity contribution in [3.05, 3.63) is 45.4 Å². The van der Waals surface area contributed by atoms with Gasteiger partial charge in [0, 0.05) is 24.1 Å². The molecule has 2 rings (SSSR count). The third-order valence-electron chi connectivity index (χ3n) is 2.61. The number of halogens is 2. The maximum absolute atomic E-state index is 6.00. The number of methoxy groups -OCH3 is 1. The molecular weight excluding hydrogens is 304 g/mol. The van der Waals surface area contributed by atoms with Crippen LogP contribution in [0.1, 0.15) is 11.3 Å². The van der Waals surface area contributed by atoms with Crippen LogP contribution in [-0.2, 0) is 13.5 Å². The minimum Gasteiger partial charge on any atom is -0.496 e. The van der Waals surface area contributed by atoms with E-state index in [1.165, 1.54) is 0 Å². The Balaban J connectivity index is 2.38. The maximum atomic E-state index is 6.00. The number of nitrogens with zero attached hydrogens (tertiary/aromatic N) is 2. The van der Waals surface area contributed by atoms with Crippen LogP contribution < -0.4 is 4.74 Å². The van der Waals surface area contributed by atoms with Crippen LogP contribution in [0.3, 0.4) is 0 Å². The second-order valence-electron chi connectivity index (χ2n) is 3.73. The van der Waals surface area contributed by atoms with E-state index in [1.807, 2.05) is 29.8 Å². The normalized spacial score (nSPS) is 10.6. The second-order valence-corrected chi connectivity index (χ2v) is 4.91. The van der Waals surface area contributed by atoms with Crippen LogP contribution in [0.15, 0.2) is 29.1 Å². The van der Waals surface area contributed by atoms with Crippen LogP contribution >= 0.6 is 27.5 Å². The Labute approximate surface area is 114 Å². The lowest BCUT2D eigenvalue weighted by molar-refractivity contribution is 0.410. The van der Waals surface area contributed by atoms with Crippen molar-refractivity contribution in [2.24, 2.45) is 7.05 Å². The predicted molar refractivity (Wildman–Crippen MR) is 71.7 cm³/mol. The van der Waals surface area contributed by atoms with Crippen molar-refractivity contribution >= 4 is 27.5 Å². The third-order valence-corrected chi connectivity index (χ3v) is 3.51. The first-order chi connectivity index (χ1) is 8.11. The molecule has 1 heterocycles. The van der Waals surface area contributed by atoms with Crippen LogP contribution in [0.25, 0.3) is 0 Å². The molecule has 0 unspecified atom stereocenters. The molecular formula is C12H12BrClN2O. The first-order valence-corrected chi connectivity index (χ1v) is 6.27. The van der Waals surface area contributed by atoms with E-state index < -0.39 is 0 Å². The van der Waals surface area contributed by atoms with Crippen LogP contribution in [0, 0.1) is 0 Å². The molecule has 0 aliphatic heterocycles. The van der Waals surface area contributed by atoms with E-state index in [2.05, 4.69) is 20.9 Å². The van der Waals surface area contributed by atoms with Gasteiger partial charge in [-0.25, -0.2) is 4.98 Å². The smallest absolute Gasteiger partial charge is 0.127 e. The van der Waals surface area contributed by atoms with E-state index in [0.717, 1.165) is 28.0 Å². The SMILES string of the molecule is COc1ccc(Cl)cc1Cc1c(Br)ncn1C. The van der Waals surface area contributed by atoms with Crippen LogP contribution in [0.5, 0.6) is 5.75 Å². The van der Waals surface area contributed by atoms with E-state index >= 15 is 0 Å². The molecule has 0 saturated carbocycles. The fourth-order valence-electron chi connectivity index (χ4n) is 1.69. The lowest BCUT2D eigenvalue weighted by Crippen LogP contribution is -1.99. The highest BCUT2D eigenvalue weighted by Gasteiger charge is 2.11. The molecule has 3 nitrogen and oxygen atoms in total. The van der Waals surface area contributed by atoms with Gasteiger partial charge in [0.2, 0.25) is 0 Å². The lowest BCUT2D eigenvalue weighted by atomic mass is 10.1. The molecule has 1 aromatic carbocycles. The molecule has 90 valence electrons. The van der Waals surface area contributed by atoms with Gasteiger partial charge in [-0.15, -0.1) is 0 Å². The Morgan fingerprint density at radius 1 is 1.47 bits per heavy atom. The quantitative estimate of drug-likeness (QED) is 0.867. The minimum absolute atomic E-state index is 0.707. The van der Waals surface area contributed by atoms with Gasteiger partial charge in [0.05, 0.1) is 19.1 Å². The third kappa shape index (κ3) is 2.64. The summed E-state index contributed by atoms with van der Waals surface area (Å²) in [6.45, 7) is 0. The molecule has 2 aromatic rings. The van der Waals surface area contributed by atoms with Crippen LogP contribution in [0.2, 0.25) is 5.02 Å². The van der Waals surface area contributed by atoms with Gasteiger partial charge in [-0.05, 0) is 34.1 Å². The molecule has 0 aliphatic rings. The van der Waals surface area contributed by atoms with E-state index in [1.54, 1.807) is 13.4 Å². The molecule has 0 N–H and O–H groups in total. The Bertz CT molecular complexity index is 520. The van der Waals surface area contributed by atoms with Crippen molar-refractivity contribution in [2.45, 2.75) is 6.42 Å². The molecule has 0 amide bonds. The number of rotatable bonds is 3. The molecule has 0 saturated heterocycles. The number of benzene rings is 1. The summed E-state index contributed by atoms with van der Waals surface area (Å²) in [5, 5.41) is 0.707. The van der Waals surface area contributed by atoms with Crippen LogP contribution in [0.4, 0.5) is 0 Å². The van der Waals surface area contributed by atoms with Crippen molar-refractivity contribution < 1.29 is 4.74 Å². The lowest BCUT2D eigenvalue weighted by Gasteiger charge is -2.09. The summed E-state index contributed by atoms with van der Waals surface area (Å²) >= 11 is 9.44. The summed E-state index contributed by atoms with van der Waals surface area (Å²) in [7, 11) is 3.62. The molecule has 0 radical (unpaired) electrons. The molecule has 0 spiro atoms. The largest absolute Gasteiger partial charge is 0.496 e. The summed E-state index contributed by atoms with van der Waals surface area (Å²) in [5.41, 5.74) is 2.13.